The second-order valence-corrected chi connectivity index (χ2v) is 7.13. The molecule has 0 aliphatic carbocycles. The molecule has 0 radical (unpaired) electrons. The van der Waals surface area contributed by atoms with Gasteiger partial charge in [-0.1, -0.05) is 0 Å². The van der Waals surface area contributed by atoms with E-state index in [0.717, 1.165) is 16.2 Å². The van der Waals surface area contributed by atoms with E-state index in [9.17, 15) is 13.5 Å². The Bertz CT molecular complexity index is 450. The van der Waals surface area contributed by atoms with Crippen molar-refractivity contribution in [3.63, 3.8) is 0 Å². The predicted molar refractivity (Wildman–Crippen MR) is 62.0 cm³/mol. The van der Waals surface area contributed by atoms with Crippen molar-refractivity contribution in [3.8, 4) is 0 Å². The molecule has 1 aromatic rings. The van der Waals surface area contributed by atoms with Crippen molar-refractivity contribution in [1.82, 2.24) is 4.72 Å². The molecule has 92 valence electrons. The molecule has 0 saturated heterocycles. The number of aryl methyl sites for hydroxylation is 1. The van der Waals surface area contributed by atoms with Crippen LogP contribution in [0.5, 0.6) is 0 Å². The molecule has 0 saturated carbocycles. The summed E-state index contributed by atoms with van der Waals surface area (Å²) in [7, 11) is -3.59. The van der Waals surface area contributed by atoms with Gasteiger partial charge in [-0.3, -0.25) is 0 Å². The van der Waals surface area contributed by atoms with Gasteiger partial charge >= 0.3 is 0 Å². The zero-order valence-corrected chi connectivity index (χ0v) is 10.7. The molecule has 16 heavy (non-hydrogen) atoms. The third kappa shape index (κ3) is 3.53. The molecule has 0 spiro atoms. The number of rotatable bonds is 5. The van der Waals surface area contributed by atoms with Crippen LogP contribution in [0.25, 0.3) is 0 Å². The number of aliphatic hydroxyl groups is 2. The van der Waals surface area contributed by atoms with Crippen LogP contribution in [0.1, 0.15) is 11.8 Å². The minimum atomic E-state index is -3.59. The average molecular weight is 265 g/mol. The van der Waals surface area contributed by atoms with Gasteiger partial charge in [-0.2, -0.15) is 0 Å². The molecule has 0 amide bonds. The summed E-state index contributed by atoms with van der Waals surface area (Å²) in [6, 6.07) is 3.22. The van der Waals surface area contributed by atoms with Crippen LogP contribution in [0.2, 0.25) is 0 Å². The average Bonchev–Trinajstić information content (AvgIpc) is 2.63. The first-order chi connectivity index (χ1) is 7.27. The fourth-order valence-corrected chi connectivity index (χ4v) is 3.42. The first-order valence-electron chi connectivity index (χ1n) is 4.66. The van der Waals surface area contributed by atoms with Gasteiger partial charge in [0.1, 0.15) is 4.21 Å². The van der Waals surface area contributed by atoms with Gasteiger partial charge in [-0.15, -0.1) is 11.3 Å². The number of hydrogen-bond donors (Lipinski definition) is 3. The van der Waals surface area contributed by atoms with E-state index < -0.39 is 22.2 Å². The lowest BCUT2D eigenvalue weighted by Crippen LogP contribution is -2.43. The fourth-order valence-electron chi connectivity index (χ4n) is 0.934. The molecule has 0 aliphatic heterocycles. The third-order valence-corrected chi connectivity index (χ3v) is 4.86. The van der Waals surface area contributed by atoms with Crippen LogP contribution in [-0.4, -0.2) is 37.4 Å². The van der Waals surface area contributed by atoms with Crippen molar-refractivity contribution < 1.29 is 18.6 Å². The molecule has 1 rings (SSSR count). The third-order valence-electron chi connectivity index (χ3n) is 1.96. The van der Waals surface area contributed by atoms with Gasteiger partial charge in [0.15, 0.2) is 0 Å². The molecular formula is C9H15NO4S2. The van der Waals surface area contributed by atoms with Gasteiger partial charge < -0.3 is 10.2 Å². The van der Waals surface area contributed by atoms with Crippen LogP contribution >= 0.6 is 11.3 Å². The summed E-state index contributed by atoms with van der Waals surface area (Å²) in [5.74, 6) is 0. The highest BCUT2D eigenvalue weighted by Crippen LogP contribution is 2.20. The number of hydrogen-bond acceptors (Lipinski definition) is 5. The van der Waals surface area contributed by atoms with Crippen LogP contribution in [0, 0.1) is 6.92 Å². The first-order valence-corrected chi connectivity index (χ1v) is 6.96. The normalized spacial score (nSPS) is 16.0. The number of aliphatic hydroxyl groups excluding tert-OH is 1. The molecule has 0 aromatic carbocycles. The smallest absolute Gasteiger partial charge is 0.250 e. The molecule has 0 aliphatic rings. The molecule has 1 unspecified atom stereocenters. The van der Waals surface area contributed by atoms with Gasteiger partial charge in [0, 0.05) is 11.4 Å². The maximum Gasteiger partial charge on any atom is 0.250 e. The predicted octanol–water partition coefficient (Wildman–Crippen LogP) is 0.0781. The van der Waals surface area contributed by atoms with E-state index in [1.165, 1.54) is 13.0 Å². The topological polar surface area (TPSA) is 86.6 Å². The van der Waals surface area contributed by atoms with Crippen molar-refractivity contribution in [2.45, 2.75) is 23.7 Å². The van der Waals surface area contributed by atoms with Crippen molar-refractivity contribution in [2.24, 2.45) is 0 Å². The van der Waals surface area contributed by atoms with E-state index in [4.69, 9.17) is 5.11 Å². The minimum Gasteiger partial charge on any atom is -0.393 e. The minimum absolute atomic E-state index is 0.207. The van der Waals surface area contributed by atoms with Crippen LogP contribution < -0.4 is 4.72 Å². The number of nitrogens with one attached hydrogen (secondary N) is 1. The number of sulfonamides is 1. The summed E-state index contributed by atoms with van der Waals surface area (Å²) >= 11 is 1.16. The van der Waals surface area contributed by atoms with Crippen molar-refractivity contribution in [2.75, 3.05) is 13.2 Å². The van der Waals surface area contributed by atoms with E-state index in [0.29, 0.717) is 0 Å². The van der Waals surface area contributed by atoms with E-state index >= 15 is 0 Å². The largest absolute Gasteiger partial charge is 0.393 e. The summed E-state index contributed by atoms with van der Waals surface area (Å²) in [5, 5.41) is 18.2. The van der Waals surface area contributed by atoms with Crippen LogP contribution in [0.15, 0.2) is 16.3 Å². The molecule has 5 nitrogen and oxygen atoms in total. The molecule has 0 fully saturated rings. The molecule has 1 aromatic heterocycles. The molecule has 3 N–H and O–H groups in total. The van der Waals surface area contributed by atoms with E-state index in [1.807, 2.05) is 6.92 Å². The summed E-state index contributed by atoms with van der Waals surface area (Å²) < 4.78 is 25.9. The molecule has 1 atom stereocenters. The Kier molecular flexibility index (Phi) is 4.08. The second-order valence-electron chi connectivity index (χ2n) is 3.84. The fraction of sp³-hybridized carbons (Fsp3) is 0.556. The van der Waals surface area contributed by atoms with Crippen LogP contribution in [0.4, 0.5) is 0 Å². The quantitative estimate of drug-likeness (QED) is 0.703. The standard InChI is InChI=1S/C9H15NO4S2/c1-7-3-4-8(15-7)16(13,14)10-5-9(2,12)6-11/h3-4,10-12H,5-6H2,1-2H3. The lowest BCUT2D eigenvalue weighted by molar-refractivity contribution is 0.00682. The summed E-state index contributed by atoms with van der Waals surface area (Å²) in [6.45, 7) is 2.45. The Hall–Kier alpha value is -0.470. The Labute approximate surface area is 98.8 Å². The van der Waals surface area contributed by atoms with E-state index in [2.05, 4.69) is 4.72 Å². The first kappa shape index (κ1) is 13.6. The SMILES string of the molecule is Cc1ccc(S(=O)(=O)NCC(C)(O)CO)s1. The summed E-state index contributed by atoms with van der Waals surface area (Å²) in [4.78, 5) is 0.897. The lowest BCUT2D eigenvalue weighted by Gasteiger charge is -2.20. The highest BCUT2D eigenvalue weighted by molar-refractivity contribution is 7.91. The van der Waals surface area contributed by atoms with Gasteiger partial charge in [-0.05, 0) is 26.0 Å². The van der Waals surface area contributed by atoms with Crippen molar-refractivity contribution >= 4 is 21.4 Å². The maximum absolute atomic E-state index is 11.7. The highest BCUT2D eigenvalue weighted by atomic mass is 32.2. The Morgan fingerprint density at radius 1 is 1.50 bits per heavy atom. The zero-order chi connectivity index (χ0) is 12.4. The zero-order valence-electron chi connectivity index (χ0n) is 9.10. The molecule has 0 bridgehead atoms. The monoisotopic (exact) mass is 265 g/mol. The molecule has 1 heterocycles. The van der Waals surface area contributed by atoms with Crippen molar-refractivity contribution in [3.05, 3.63) is 17.0 Å². The van der Waals surface area contributed by atoms with Gasteiger partial charge in [-0.25, -0.2) is 13.1 Å². The Morgan fingerprint density at radius 3 is 2.56 bits per heavy atom. The molecular weight excluding hydrogens is 250 g/mol. The maximum atomic E-state index is 11.7. The van der Waals surface area contributed by atoms with E-state index in [1.54, 1.807) is 6.07 Å². The Morgan fingerprint density at radius 2 is 2.12 bits per heavy atom. The van der Waals surface area contributed by atoms with Crippen LogP contribution in [0.3, 0.4) is 0 Å². The van der Waals surface area contributed by atoms with E-state index in [-0.39, 0.29) is 10.8 Å². The Balaban J connectivity index is 2.74. The summed E-state index contributed by atoms with van der Waals surface area (Å²) in [6.07, 6.45) is 0. The van der Waals surface area contributed by atoms with Gasteiger partial charge in [0.2, 0.25) is 10.0 Å². The highest BCUT2D eigenvalue weighted by Gasteiger charge is 2.24. The van der Waals surface area contributed by atoms with Gasteiger partial charge in [0.25, 0.3) is 0 Å². The second kappa shape index (κ2) is 4.80. The van der Waals surface area contributed by atoms with Crippen molar-refractivity contribution in [1.29, 1.82) is 0 Å². The number of thiophene rings is 1. The molecule has 7 heteroatoms. The van der Waals surface area contributed by atoms with Gasteiger partial charge in [0.05, 0.1) is 12.2 Å². The lowest BCUT2D eigenvalue weighted by atomic mass is 10.1. The van der Waals surface area contributed by atoms with Crippen LogP contribution in [-0.2, 0) is 10.0 Å². The summed E-state index contributed by atoms with van der Waals surface area (Å²) in [5.41, 5.74) is -1.45.